The van der Waals surface area contributed by atoms with Crippen LogP contribution in [0.1, 0.15) is 27.2 Å². The summed E-state index contributed by atoms with van der Waals surface area (Å²) in [6, 6.07) is -0.292. The van der Waals surface area contributed by atoms with Crippen molar-refractivity contribution >= 4 is 371 Å². The summed E-state index contributed by atoms with van der Waals surface area (Å²) in [4.78, 5) is 335. The lowest BCUT2D eigenvalue weighted by molar-refractivity contribution is -0.153. The Balaban J connectivity index is 14.2. The number of hydrogen-bond donors (Lipinski definition) is 26. The molecular weight excluding hydrogens is 2050 g/mol. The maximum absolute atomic E-state index is 13.6. The number of carbonyl (C=O) groups is 1. The topological polar surface area (TPSA) is 691 Å². The molecule has 0 rings (SSSR count). The van der Waals surface area contributed by atoms with E-state index in [1.165, 1.54) is 26.2 Å². The normalized spacial score (nSPS) is 16.0. The summed E-state index contributed by atoms with van der Waals surface area (Å²) in [5.41, 5.74) is -1.09. The molecule has 0 spiro atoms. The van der Waals surface area contributed by atoms with Crippen molar-refractivity contribution < 1.29 is 196 Å². The lowest BCUT2D eigenvalue weighted by Crippen LogP contribution is -3.14. The molecule has 51 radical (unpaired) electrons. The molecule has 0 aliphatic heterocycles. The van der Waals surface area contributed by atoms with Gasteiger partial charge in [0.25, 0.3) is 83.2 Å². The highest BCUT2D eigenvalue weighted by Gasteiger charge is 3.01. The SMILES string of the molecule is CCC(C)(C)C(=O)OCC[Si](C)(C)O[SiH](C)O[Si](O[Si](O[Si](O[Si](C)C)([Si]O)[Si]O)([Si](O[Si]O)([Si]O)[Si]O)[Si](O[Si]O)([Si]O)[Si]O)([Si](O[Si](O[Si]O)([Si]O)[Si]O)([Si](O[Si]O)([Si]O)[Si]O)[Si](O[Si]O)([Si]O)[Si]O)[Si](O[Si](O[Si]O)([Si]O)[Si](C)(C)O)([Si](O[Si]O)([Si]O)[Si]O)[Si](O[Si]O)([Si]O)[Si]O. The van der Waals surface area contributed by atoms with Crippen molar-refractivity contribution in [1.29, 1.82) is 0 Å². The summed E-state index contributed by atoms with van der Waals surface area (Å²) in [5.74, 6) is -0.716. The molecule has 85 heteroatoms. The highest BCUT2D eigenvalue weighted by molar-refractivity contribution is 8.24. The maximum atomic E-state index is 13.6. The molecule has 0 heterocycles. The van der Waals surface area contributed by atoms with E-state index < -0.39 is 383 Å². The minimum Gasteiger partial charge on any atom is -0.465 e. The van der Waals surface area contributed by atoms with Gasteiger partial charge in [0, 0.05) is 0 Å². The Hall–Kier alpha value is 6.94. The number of hydrogen-bond acceptors (Lipinski definition) is 43. The van der Waals surface area contributed by atoms with Crippen molar-refractivity contribution in [3.63, 3.8) is 0 Å². The quantitative estimate of drug-likeness (QED) is 0.0199. The Bertz CT molecular complexity index is 2210. The molecule has 0 aromatic rings. The van der Waals surface area contributed by atoms with E-state index in [-0.39, 0.29) is 12.5 Å². The number of carbonyl (C=O) groups excluding carboxylic acids is 1. The van der Waals surface area contributed by atoms with Crippen molar-refractivity contribution in [2.75, 3.05) is 6.61 Å². The lowest BCUT2D eigenvalue weighted by Gasteiger charge is -2.70. The van der Waals surface area contributed by atoms with Crippen molar-refractivity contribution in [2.45, 2.75) is 79.1 Å². The average Bonchev–Trinajstić information content (AvgIpc) is 0.639. The van der Waals surface area contributed by atoms with Crippen molar-refractivity contribution in [1.82, 2.24) is 0 Å². The highest BCUT2D eigenvalue weighted by Crippen LogP contribution is 2.54. The van der Waals surface area contributed by atoms with Gasteiger partial charge in [0.15, 0.2) is 17.4 Å². The Labute approximate surface area is 651 Å². The third-order valence-electron chi connectivity index (χ3n) is 13.5. The van der Waals surface area contributed by atoms with Gasteiger partial charge >= 0.3 is 124 Å². The van der Waals surface area contributed by atoms with Crippen LogP contribution in [0.5, 0.6) is 0 Å². The van der Waals surface area contributed by atoms with Gasteiger partial charge in [0.2, 0.25) is 147 Å². The van der Waals surface area contributed by atoms with E-state index in [0.717, 1.165) is 19.6 Å². The van der Waals surface area contributed by atoms with Crippen LogP contribution in [0.15, 0.2) is 0 Å². The zero-order valence-electron chi connectivity index (χ0n) is 52.8. The van der Waals surface area contributed by atoms with Crippen LogP contribution in [0.3, 0.4) is 0 Å². The minimum absolute atomic E-state index is 0.269. The van der Waals surface area contributed by atoms with Crippen LogP contribution >= 0.6 is 0 Å². The van der Waals surface area contributed by atoms with Crippen molar-refractivity contribution in [3.05, 3.63) is 0 Å². The number of rotatable bonds is 61. The molecule has 0 aliphatic carbocycles. The average molecular weight is 2110 g/mol. The van der Waals surface area contributed by atoms with Gasteiger partial charge in [-0.05, 0) is 72.1 Å². The van der Waals surface area contributed by atoms with Crippen molar-refractivity contribution in [3.8, 4) is 0 Å². The molecule has 0 fully saturated rings. The van der Waals surface area contributed by atoms with Crippen LogP contribution < -0.4 is 0 Å². The monoisotopic (exact) mass is 2110 g/mol. The van der Waals surface area contributed by atoms with Crippen LogP contribution in [0, 0.1) is 5.41 Å². The minimum atomic E-state index is -8.28. The second-order valence-electron chi connectivity index (χ2n) is 20.6. The first-order valence-electron chi connectivity index (χ1n) is 25.9. The molecule has 0 bridgehead atoms. The van der Waals surface area contributed by atoms with E-state index >= 15 is 0 Å². The Kier molecular flexibility index (Phi) is 51.3. The third kappa shape index (κ3) is 22.2. The summed E-state index contributed by atoms with van der Waals surface area (Å²) in [5, 5.41) is 0. The fraction of sp³-hybridized carbons (Fsp3) is 0.933. The Morgan fingerprint density at radius 2 is 0.720 bits per heavy atom. The van der Waals surface area contributed by atoms with Crippen LogP contribution in [0.2, 0.25) is 51.9 Å². The fourth-order valence-corrected chi connectivity index (χ4v) is 521. The van der Waals surface area contributed by atoms with Gasteiger partial charge in [0.1, 0.15) is 0 Å². The summed E-state index contributed by atoms with van der Waals surface area (Å²) >= 11 is 0. The van der Waals surface area contributed by atoms with Crippen molar-refractivity contribution in [2.24, 2.45) is 5.41 Å². The smallest absolute Gasteiger partial charge is 0.420 e. The largest absolute Gasteiger partial charge is 0.465 e. The molecule has 0 saturated carbocycles. The molecule has 43 nitrogen and oxygen atoms in total. The summed E-state index contributed by atoms with van der Waals surface area (Å²) in [6.45, 7) is -41.7. The lowest BCUT2D eigenvalue weighted by atomic mass is 9.91. The number of ether oxygens (including phenoxy) is 1. The molecule has 100 heavy (non-hydrogen) atoms. The first kappa shape index (κ1) is 107. The van der Waals surface area contributed by atoms with E-state index in [9.17, 15) is 129 Å². The molecule has 26 N–H and O–H groups in total. The van der Waals surface area contributed by atoms with Gasteiger partial charge in [-0.25, -0.2) is 0 Å². The molecule has 0 aromatic carbocycles. The second kappa shape index (κ2) is 48.0. The van der Waals surface area contributed by atoms with E-state index in [1.807, 2.05) is 0 Å². The molecule has 549 valence electrons. The standard InChI is InChI=1S/C15H63O43Si42/c1-11-15(2,3)14(16)43-12-13-86(7,8)53-85(6)54-91(99(95(76-34,77-35)48-63-21,96(78-36,79-37)49-64-22)56-88(67-25,68-26)44-59-17,58-92(93(72-30,73-31)46-61-19,94(74-32,75-33)47-62-20)55-89(69-27,70-28)52-84(4)5)100(97(80-38,81-39)50-65-23,98(82-40,83-41)51-66-24)57-90(71-29,45-60-18)87(9,10)42/h17-42,85H,11-13H2,1-10H3. The molecule has 3 unspecified atom stereocenters. The zero-order chi connectivity index (χ0) is 77.8. The molecule has 0 amide bonds. The van der Waals surface area contributed by atoms with Gasteiger partial charge in [-0.15, -0.1) is 0 Å². The zero-order valence-corrected chi connectivity index (χ0v) is 94.9. The van der Waals surface area contributed by atoms with Gasteiger partial charge in [-0.2, -0.15) is 0 Å². The second-order valence-corrected chi connectivity index (χ2v) is 195. The van der Waals surface area contributed by atoms with Crippen LogP contribution in [0.4, 0.5) is 0 Å². The van der Waals surface area contributed by atoms with Gasteiger partial charge in [-0.3, -0.25) is 4.79 Å². The molecule has 0 aliphatic rings. The van der Waals surface area contributed by atoms with Crippen LogP contribution in [-0.2, 0) is 71.3 Å². The highest BCUT2D eigenvalue weighted by atomic mass is 30.5. The predicted octanol–water partition coefficient (Wildman–Crippen LogP) is -25.7. The molecule has 3 atom stereocenters. The van der Waals surface area contributed by atoms with Crippen LogP contribution in [0.25, 0.3) is 0 Å². The first-order valence-corrected chi connectivity index (χ1v) is 110. The molecule has 0 saturated heterocycles. The maximum Gasteiger partial charge on any atom is 0.420 e. The predicted molar refractivity (Wildman–Crippen MR) is 398 cm³/mol. The summed E-state index contributed by atoms with van der Waals surface area (Å²) in [7, 11) is -106. The third-order valence-corrected chi connectivity index (χ3v) is 321. The van der Waals surface area contributed by atoms with E-state index in [0.29, 0.717) is 0 Å². The van der Waals surface area contributed by atoms with E-state index in [2.05, 4.69) is 0 Å². The number of esters is 1. The van der Waals surface area contributed by atoms with E-state index in [4.69, 9.17) is 66.5 Å². The molecular formula is C15H63O43Si42. The molecule has 0 aromatic heterocycles. The Morgan fingerprint density at radius 3 is 0.990 bits per heavy atom. The van der Waals surface area contributed by atoms with Gasteiger partial charge in [-0.1, -0.05) is 6.92 Å². The van der Waals surface area contributed by atoms with Gasteiger partial charge < -0.3 is 191 Å². The van der Waals surface area contributed by atoms with Crippen LogP contribution in [-0.4, -0.2) is 503 Å². The first-order chi connectivity index (χ1) is 46.8. The van der Waals surface area contributed by atoms with Gasteiger partial charge in [0.05, 0.1) is 12.0 Å². The Morgan fingerprint density at radius 1 is 0.400 bits per heavy atom. The summed E-state index contributed by atoms with van der Waals surface area (Å²) < 4.78 is 108. The van der Waals surface area contributed by atoms with E-state index in [1.54, 1.807) is 20.8 Å². The fourth-order valence-electron chi connectivity index (χ4n) is 8.64. The summed E-state index contributed by atoms with van der Waals surface area (Å²) in [6.07, 6.45) is 0.269.